The van der Waals surface area contributed by atoms with Gasteiger partial charge in [-0.05, 0) is 65.3 Å². The van der Waals surface area contributed by atoms with Crippen molar-refractivity contribution in [1.29, 1.82) is 0 Å². The Hall–Kier alpha value is -3.70. The Balaban J connectivity index is 2.11. The van der Waals surface area contributed by atoms with Crippen LogP contribution >= 0.6 is 0 Å². The molecule has 36 heavy (non-hydrogen) atoms. The van der Waals surface area contributed by atoms with E-state index in [1.54, 1.807) is 41.5 Å². The number of nitrogens with one attached hydrogen (secondary N) is 1. The van der Waals surface area contributed by atoms with Crippen molar-refractivity contribution in [2.45, 2.75) is 65.5 Å². The quantitative estimate of drug-likeness (QED) is 0.430. The third-order valence-corrected chi connectivity index (χ3v) is 4.58. The second-order valence-corrected chi connectivity index (χ2v) is 9.99. The van der Waals surface area contributed by atoms with Crippen LogP contribution in [0.3, 0.4) is 0 Å². The summed E-state index contributed by atoms with van der Waals surface area (Å²) >= 11 is 0. The molecule has 12 heteroatoms. The molecule has 1 N–H and O–H groups in total. The zero-order valence-electron chi connectivity index (χ0n) is 20.6. The summed E-state index contributed by atoms with van der Waals surface area (Å²) in [5, 5.41) is 6.37. The van der Waals surface area contributed by atoms with Crippen LogP contribution in [0, 0.1) is 5.82 Å². The van der Waals surface area contributed by atoms with Crippen LogP contribution in [0.1, 0.15) is 52.7 Å². The molecule has 3 rings (SSSR count). The first-order valence-corrected chi connectivity index (χ1v) is 10.9. The number of hydrogen-bond donors (Lipinski definition) is 1. The molecule has 0 aliphatic carbocycles. The van der Waals surface area contributed by atoms with Crippen LogP contribution in [-0.4, -0.2) is 38.2 Å². The van der Waals surface area contributed by atoms with Crippen molar-refractivity contribution in [3.05, 3.63) is 47.5 Å². The first-order valence-electron chi connectivity index (χ1n) is 10.9. The molecule has 194 valence electrons. The molecule has 0 bridgehead atoms. The fourth-order valence-electron chi connectivity index (χ4n) is 3.31. The summed E-state index contributed by atoms with van der Waals surface area (Å²) in [7, 11) is 0. The number of alkyl carbamates (subject to hydrolysis) is 1. The molecule has 0 aliphatic heterocycles. The fourth-order valence-corrected chi connectivity index (χ4v) is 3.31. The first-order chi connectivity index (χ1) is 16.5. The van der Waals surface area contributed by atoms with Gasteiger partial charge in [-0.15, -0.1) is 0 Å². The number of amides is 1. The molecule has 0 spiro atoms. The van der Waals surface area contributed by atoms with Crippen molar-refractivity contribution in [2.24, 2.45) is 0 Å². The zero-order valence-corrected chi connectivity index (χ0v) is 20.6. The van der Waals surface area contributed by atoms with Crippen LogP contribution in [0.5, 0.6) is 0 Å². The minimum absolute atomic E-state index is 0.0462. The molecule has 0 atom stereocenters. The molecule has 0 unspecified atom stereocenters. The van der Waals surface area contributed by atoms with Crippen LogP contribution in [0.4, 0.5) is 27.2 Å². The number of fused-ring (bicyclic) bond motifs is 1. The zero-order chi connectivity index (χ0) is 27.1. The summed E-state index contributed by atoms with van der Waals surface area (Å²) < 4.78 is 68.7. The van der Waals surface area contributed by atoms with E-state index in [0.717, 1.165) is 16.8 Å². The molecule has 8 nitrogen and oxygen atoms in total. The number of carbonyl (C=O) groups is 2. The third-order valence-electron chi connectivity index (χ3n) is 4.58. The minimum Gasteiger partial charge on any atom is -0.444 e. The van der Waals surface area contributed by atoms with Crippen molar-refractivity contribution in [3.8, 4) is 11.3 Å². The van der Waals surface area contributed by atoms with Crippen molar-refractivity contribution in [2.75, 3.05) is 0 Å². The predicted octanol–water partition coefficient (Wildman–Crippen LogP) is 6.06. The molecule has 0 radical (unpaired) electrons. The van der Waals surface area contributed by atoms with Crippen molar-refractivity contribution >= 4 is 23.1 Å². The van der Waals surface area contributed by atoms with Gasteiger partial charge < -0.3 is 14.8 Å². The number of alkyl halides is 3. The van der Waals surface area contributed by atoms with Crippen LogP contribution in [0.2, 0.25) is 0 Å². The van der Waals surface area contributed by atoms with Gasteiger partial charge in [0, 0.05) is 18.1 Å². The Morgan fingerprint density at radius 2 is 1.67 bits per heavy atom. The maximum Gasteiger partial charge on any atom is 0.435 e. The summed E-state index contributed by atoms with van der Waals surface area (Å²) in [6.45, 7) is 9.30. The summed E-state index contributed by atoms with van der Waals surface area (Å²) in [4.78, 5) is 28.5. The highest BCUT2D eigenvalue weighted by atomic mass is 19.4. The first kappa shape index (κ1) is 26.9. The number of benzene rings is 1. The molecule has 3 aromatic rings. The van der Waals surface area contributed by atoms with Gasteiger partial charge in [-0.1, -0.05) is 0 Å². The molecule has 0 saturated carbocycles. The van der Waals surface area contributed by atoms with E-state index in [2.05, 4.69) is 15.4 Å². The molecule has 2 heterocycles. The fraction of sp³-hybridized carbons (Fsp3) is 0.417. The highest BCUT2D eigenvalue weighted by molar-refractivity contribution is 5.98. The Kier molecular flexibility index (Phi) is 7.02. The molecular formula is C24H26F4N4O4. The lowest BCUT2D eigenvalue weighted by Crippen LogP contribution is -2.32. The molecule has 1 aromatic carbocycles. The lowest BCUT2D eigenvalue weighted by Gasteiger charge is -2.20. The molecule has 0 fully saturated rings. The number of aromatic nitrogens is 3. The van der Waals surface area contributed by atoms with Gasteiger partial charge in [0.1, 0.15) is 22.7 Å². The summed E-state index contributed by atoms with van der Waals surface area (Å²) in [5.41, 5.74) is -4.41. The minimum atomic E-state index is -4.98. The van der Waals surface area contributed by atoms with E-state index in [9.17, 15) is 22.8 Å². The summed E-state index contributed by atoms with van der Waals surface area (Å²) in [6, 6.07) is 2.91. The Morgan fingerprint density at radius 1 is 1.03 bits per heavy atom. The van der Waals surface area contributed by atoms with Crippen LogP contribution < -0.4 is 5.32 Å². The average Bonchev–Trinajstić information content (AvgIpc) is 3.08. The Bertz CT molecular complexity index is 1300. The van der Waals surface area contributed by atoms with Gasteiger partial charge in [0.05, 0.1) is 22.8 Å². The normalized spacial score (nSPS) is 12.5. The van der Waals surface area contributed by atoms with Gasteiger partial charge in [0.2, 0.25) is 0 Å². The number of pyridine rings is 1. The van der Waals surface area contributed by atoms with Crippen LogP contribution in [0.15, 0.2) is 30.6 Å². The Labute approximate surface area is 204 Å². The standard InChI is InChI=1S/C24H26F4N4O4/c1-22(2,3)35-20(33)30-11-13-9-15(24(26,27)28)18(16(25)10-13)19-14-7-8-29-12-17(14)32(31-19)21(34)36-23(4,5)6/h7-10,12H,11H2,1-6H3,(H,30,33). The highest BCUT2D eigenvalue weighted by Crippen LogP contribution is 2.41. The highest BCUT2D eigenvalue weighted by Gasteiger charge is 2.37. The largest absolute Gasteiger partial charge is 0.444 e. The number of ether oxygens (including phenoxy) is 2. The van der Waals surface area contributed by atoms with Gasteiger partial charge in [-0.2, -0.15) is 23.0 Å². The number of nitrogens with zero attached hydrogens (tertiary/aromatic N) is 3. The van der Waals surface area contributed by atoms with E-state index in [1.165, 1.54) is 18.5 Å². The smallest absolute Gasteiger partial charge is 0.435 e. The number of rotatable bonds is 3. The van der Waals surface area contributed by atoms with Crippen molar-refractivity contribution in [1.82, 2.24) is 20.1 Å². The van der Waals surface area contributed by atoms with Gasteiger partial charge >= 0.3 is 18.4 Å². The molecule has 2 aromatic heterocycles. The number of carbonyl (C=O) groups excluding carboxylic acids is 2. The van der Waals surface area contributed by atoms with E-state index in [4.69, 9.17) is 9.47 Å². The SMILES string of the molecule is CC(C)(C)OC(=O)NCc1cc(F)c(-c2nn(C(=O)OC(C)(C)C)c3cnccc23)c(C(F)(F)F)c1. The molecule has 0 saturated heterocycles. The average molecular weight is 510 g/mol. The topological polar surface area (TPSA) is 95.3 Å². The number of hydrogen-bond acceptors (Lipinski definition) is 6. The predicted molar refractivity (Wildman–Crippen MR) is 123 cm³/mol. The third kappa shape index (κ3) is 6.29. The molecular weight excluding hydrogens is 484 g/mol. The van der Waals surface area contributed by atoms with E-state index >= 15 is 4.39 Å². The second-order valence-electron chi connectivity index (χ2n) is 9.99. The van der Waals surface area contributed by atoms with E-state index in [-0.39, 0.29) is 16.5 Å². The molecule has 1 amide bonds. The second kappa shape index (κ2) is 9.40. The lowest BCUT2D eigenvalue weighted by atomic mass is 9.98. The summed E-state index contributed by atoms with van der Waals surface area (Å²) in [5.74, 6) is -1.24. The summed E-state index contributed by atoms with van der Waals surface area (Å²) in [6.07, 6.45) is -4.29. The molecule has 0 aliphatic rings. The van der Waals surface area contributed by atoms with Crippen LogP contribution in [0.25, 0.3) is 22.2 Å². The van der Waals surface area contributed by atoms with Crippen molar-refractivity contribution < 1.29 is 36.6 Å². The number of halogens is 4. The van der Waals surface area contributed by atoms with Crippen molar-refractivity contribution in [3.63, 3.8) is 0 Å². The van der Waals surface area contributed by atoms with E-state index in [1.807, 2.05) is 0 Å². The van der Waals surface area contributed by atoms with Gasteiger partial charge in [0.15, 0.2) is 0 Å². The maximum atomic E-state index is 15.3. The maximum absolute atomic E-state index is 15.3. The monoisotopic (exact) mass is 510 g/mol. The van der Waals surface area contributed by atoms with Gasteiger partial charge in [0.25, 0.3) is 0 Å². The van der Waals surface area contributed by atoms with Gasteiger partial charge in [-0.3, -0.25) is 4.98 Å². The Morgan fingerprint density at radius 3 is 2.25 bits per heavy atom. The lowest BCUT2D eigenvalue weighted by molar-refractivity contribution is -0.137. The van der Waals surface area contributed by atoms with E-state index in [0.29, 0.717) is 0 Å². The van der Waals surface area contributed by atoms with E-state index < -0.39 is 58.7 Å². The van der Waals surface area contributed by atoms with Gasteiger partial charge in [-0.25, -0.2) is 14.0 Å². The van der Waals surface area contributed by atoms with Crippen LogP contribution in [-0.2, 0) is 22.2 Å².